The average molecular weight is 201 g/mol. The van der Waals surface area contributed by atoms with Crippen molar-refractivity contribution in [3.05, 3.63) is 23.0 Å². The van der Waals surface area contributed by atoms with Gasteiger partial charge in [0.1, 0.15) is 11.3 Å². The molecule has 0 aliphatic rings. The van der Waals surface area contributed by atoms with Gasteiger partial charge >= 0.3 is 0 Å². The van der Waals surface area contributed by atoms with Crippen LogP contribution in [-0.4, -0.2) is 12.0 Å². The van der Waals surface area contributed by atoms with Crippen LogP contribution in [-0.2, 0) is 0 Å². The number of rotatable bonds is 1. The van der Waals surface area contributed by atoms with Gasteiger partial charge in [0.2, 0.25) is 0 Å². The van der Waals surface area contributed by atoms with Gasteiger partial charge in [0.15, 0.2) is 5.58 Å². The first-order chi connectivity index (χ1) is 6.20. The number of anilines is 1. The van der Waals surface area contributed by atoms with Crippen molar-refractivity contribution in [1.29, 1.82) is 0 Å². The SMILES string of the molecule is CNc1nc2cc(F)c(Cl)cc2o1. The second-order valence-corrected chi connectivity index (χ2v) is 2.91. The molecule has 2 rings (SSSR count). The molecule has 1 heterocycles. The summed E-state index contributed by atoms with van der Waals surface area (Å²) in [6.07, 6.45) is 0. The van der Waals surface area contributed by atoms with E-state index in [1.165, 1.54) is 12.1 Å². The number of benzene rings is 1. The van der Waals surface area contributed by atoms with Gasteiger partial charge in [-0.25, -0.2) is 4.39 Å². The van der Waals surface area contributed by atoms with E-state index in [9.17, 15) is 4.39 Å². The Hall–Kier alpha value is -1.29. The molecule has 1 N–H and O–H groups in total. The van der Waals surface area contributed by atoms with E-state index in [4.69, 9.17) is 16.0 Å². The molecule has 0 unspecified atom stereocenters. The summed E-state index contributed by atoms with van der Waals surface area (Å²) in [5, 5.41) is 2.75. The molecular weight excluding hydrogens is 195 g/mol. The molecule has 0 amide bonds. The van der Waals surface area contributed by atoms with Crippen molar-refractivity contribution in [2.24, 2.45) is 0 Å². The highest BCUT2D eigenvalue weighted by Gasteiger charge is 2.08. The highest BCUT2D eigenvalue weighted by molar-refractivity contribution is 6.31. The lowest BCUT2D eigenvalue weighted by molar-refractivity contribution is 0.614. The zero-order valence-electron chi connectivity index (χ0n) is 6.77. The molecule has 0 fully saturated rings. The number of nitrogens with zero attached hydrogens (tertiary/aromatic N) is 1. The maximum atomic E-state index is 12.9. The van der Waals surface area contributed by atoms with Crippen molar-refractivity contribution in [2.45, 2.75) is 0 Å². The van der Waals surface area contributed by atoms with E-state index in [1.807, 2.05) is 0 Å². The molecule has 1 aromatic heterocycles. The van der Waals surface area contributed by atoms with E-state index < -0.39 is 5.82 Å². The standard InChI is InChI=1S/C8H6ClFN2O/c1-11-8-12-6-3-5(10)4(9)2-7(6)13-8/h2-3H,1H3,(H,11,12). The van der Waals surface area contributed by atoms with Crippen LogP contribution in [0.4, 0.5) is 10.4 Å². The van der Waals surface area contributed by atoms with Crippen molar-refractivity contribution in [1.82, 2.24) is 4.98 Å². The first-order valence-electron chi connectivity index (χ1n) is 3.64. The van der Waals surface area contributed by atoms with Gasteiger partial charge in [-0.3, -0.25) is 0 Å². The van der Waals surface area contributed by atoms with Crippen LogP contribution in [0.15, 0.2) is 16.5 Å². The number of halogens is 2. The van der Waals surface area contributed by atoms with Crippen molar-refractivity contribution >= 4 is 28.7 Å². The number of hydrogen-bond donors (Lipinski definition) is 1. The van der Waals surface area contributed by atoms with Crippen LogP contribution in [0.25, 0.3) is 11.1 Å². The monoisotopic (exact) mass is 200 g/mol. The van der Waals surface area contributed by atoms with Crippen LogP contribution >= 0.6 is 11.6 Å². The third-order valence-corrected chi connectivity index (χ3v) is 1.93. The van der Waals surface area contributed by atoms with Gasteiger partial charge in [-0.15, -0.1) is 0 Å². The summed E-state index contributed by atoms with van der Waals surface area (Å²) in [5.41, 5.74) is 0.919. The van der Waals surface area contributed by atoms with Crippen LogP contribution in [0.5, 0.6) is 0 Å². The Bertz CT molecular complexity index is 416. The lowest BCUT2D eigenvalue weighted by Gasteiger charge is -1.90. The van der Waals surface area contributed by atoms with Crippen LogP contribution in [0.1, 0.15) is 0 Å². The normalized spacial score (nSPS) is 10.7. The molecule has 0 aliphatic carbocycles. The fourth-order valence-electron chi connectivity index (χ4n) is 1.03. The Kier molecular flexibility index (Phi) is 1.84. The van der Waals surface area contributed by atoms with E-state index in [-0.39, 0.29) is 5.02 Å². The van der Waals surface area contributed by atoms with Crippen molar-refractivity contribution in [3.63, 3.8) is 0 Å². The van der Waals surface area contributed by atoms with Crippen molar-refractivity contribution in [3.8, 4) is 0 Å². The molecule has 0 atom stereocenters. The summed E-state index contributed by atoms with van der Waals surface area (Å²) in [4.78, 5) is 3.96. The Balaban J connectivity index is 2.70. The van der Waals surface area contributed by atoms with E-state index in [0.29, 0.717) is 17.1 Å². The summed E-state index contributed by atoms with van der Waals surface area (Å²) >= 11 is 5.56. The molecule has 0 saturated heterocycles. The summed E-state index contributed by atoms with van der Waals surface area (Å²) in [6, 6.07) is 2.99. The molecule has 2 aromatic rings. The van der Waals surface area contributed by atoms with E-state index >= 15 is 0 Å². The molecule has 1 aromatic carbocycles. The van der Waals surface area contributed by atoms with Gasteiger partial charge in [-0.2, -0.15) is 4.98 Å². The lowest BCUT2D eigenvalue weighted by Crippen LogP contribution is -1.85. The second kappa shape index (κ2) is 2.88. The number of nitrogens with one attached hydrogen (secondary N) is 1. The van der Waals surface area contributed by atoms with Crippen molar-refractivity contribution < 1.29 is 8.81 Å². The molecule has 0 saturated carbocycles. The summed E-state index contributed by atoms with van der Waals surface area (Å²) in [5.74, 6) is -0.495. The summed E-state index contributed by atoms with van der Waals surface area (Å²) < 4.78 is 18.1. The van der Waals surface area contributed by atoms with E-state index in [0.717, 1.165) is 0 Å². The van der Waals surface area contributed by atoms with Gasteiger partial charge < -0.3 is 9.73 Å². The summed E-state index contributed by atoms with van der Waals surface area (Å²) in [7, 11) is 1.67. The molecule has 3 nitrogen and oxygen atoms in total. The van der Waals surface area contributed by atoms with Crippen LogP contribution in [0.2, 0.25) is 5.02 Å². The van der Waals surface area contributed by atoms with Crippen LogP contribution < -0.4 is 5.32 Å². The summed E-state index contributed by atoms with van der Waals surface area (Å²) in [6.45, 7) is 0. The Morgan fingerprint density at radius 2 is 2.31 bits per heavy atom. The van der Waals surface area contributed by atoms with Gasteiger partial charge in [0, 0.05) is 19.2 Å². The molecule has 5 heteroatoms. The van der Waals surface area contributed by atoms with Crippen molar-refractivity contribution in [2.75, 3.05) is 12.4 Å². The van der Waals surface area contributed by atoms with Crippen LogP contribution in [0, 0.1) is 5.82 Å². The third kappa shape index (κ3) is 1.33. The second-order valence-electron chi connectivity index (χ2n) is 2.50. The molecule has 0 radical (unpaired) electrons. The fourth-order valence-corrected chi connectivity index (χ4v) is 1.18. The van der Waals surface area contributed by atoms with Gasteiger partial charge in [0.05, 0.1) is 5.02 Å². The average Bonchev–Trinajstić information content (AvgIpc) is 2.48. The highest BCUT2D eigenvalue weighted by atomic mass is 35.5. The first kappa shape index (κ1) is 8.31. The molecular formula is C8H6ClFN2O. The smallest absolute Gasteiger partial charge is 0.295 e. The molecule has 13 heavy (non-hydrogen) atoms. The Labute approximate surface area is 78.5 Å². The highest BCUT2D eigenvalue weighted by Crippen LogP contribution is 2.24. The lowest BCUT2D eigenvalue weighted by atomic mass is 10.3. The maximum Gasteiger partial charge on any atom is 0.295 e. The predicted octanol–water partition coefficient (Wildman–Crippen LogP) is 2.66. The minimum Gasteiger partial charge on any atom is -0.424 e. The largest absolute Gasteiger partial charge is 0.424 e. The molecule has 0 bridgehead atoms. The topological polar surface area (TPSA) is 38.1 Å². The molecule has 0 aliphatic heterocycles. The Morgan fingerprint density at radius 1 is 1.54 bits per heavy atom. The number of fused-ring (bicyclic) bond motifs is 1. The number of aromatic nitrogens is 1. The zero-order valence-corrected chi connectivity index (χ0v) is 7.52. The zero-order chi connectivity index (χ0) is 9.42. The van der Waals surface area contributed by atoms with Gasteiger partial charge in [0.25, 0.3) is 6.01 Å². The maximum absolute atomic E-state index is 12.9. The van der Waals surface area contributed by atoms with Gasteiger partial charge in [-0.1, -0.05) is 11.6 Å². The van der Waals surface area contributed by atoms with Gasteiger partial charge in [-0.05, 0) is 0 Å². The van der Waals surface area contributed by atoms with Crippen LogP contribution in [0.3, 0.4) is 0 Å². The minimum absolute atomic E-state index is 0.0336. The predicted molar refractivity (Wildman–Crippen MR) is 48.5 cm³/mol. The number of hydrogen-bond acceptors (Lipinski definition) is 3. The minimum atomic E-state index is -0.495. The third-order valence-electron chi connectivity index (χ3n) is 1.64. The number of oxazole rings is 1. The fraction of sp³-hybridized carbons (Fsp3) is 0.125. The first-order valence-corrected chi connectivity index (χ1v) is 4.02. The van der Waals surface area contributed by atoms with E-state index in [2.05, 4.69) is 10.3 Å². The molecule has 68 valence electrons. The quantitative estimate of drug-likeness (QED) is 0.769. The van der Waals surface area contributed by atoms with E-state index in [1.54, 1.807) is 7.05 Å². The Morgan fingerprint density at radius 3 is 3.00 bits per heavy atom. The molecule has 0 spiro atoms.